The number of benzene rings is 2. The molecule has 0 bridgehead atoms. The SMILES string of the molecule is C[C@H]1C[C@@H]([C@H](OCc2ccccc2)[C@@H](O)COC(=O)Nc2ccccc2)O[C@@H]1CCO[Si](C)(C)C(C)(C)C. The van der Waals surface area contributed by atoms with Gasteiger partial charge in [0.2, 0.25) is 0 Å². The largest absolute Gasteiger partial charge is 0.446 e. The van der Waals surface area contributed by atoms with Crippen molar-refractivity contribution in [1.29, 1.82) is 0 Å². The normalized spacial score (nSPS) is 21.6. The highest BCUT2D eigenvalue weighted by Crippen LogP contribution is 2.37. The van der Waals surface area contributed by atoms with Crippen LogP contribution in [0.1, 0.15) is 46.1 Å². The molecule has 3 rings (SSSR count). The lowest BCUT2D eigenvalue weighted by Crippen LogP contribution is -2.43. The van der Waals surface area contributed by atoms with E-state index in [1.54, 1.807) is 12.1 Å². The number of carbonyl (C=O) groups excluding carboxylic acids is 1. The van der Waals surface area contributed by atoms with Crippen LogP contribution in [0.15, 0.2) is 60.7 Å². The first-order valence-electron chi connectivity index (χ1n) is 13.6. The van der Waals surface area contributed by atoms with Crippen LogP contribution in [0.5, 0.6) is 0 Å². The smallest absolute Gasteiger partial charge is 0.411 e. The predicted octanol–water partition coefficient (Wildman–Crippen LogP) is 6.39. The van der Waals surface area contributed by atoms with Gasteiger partial charge in [-0.25, -0.2) is 4.79 Å². The monoisotopic (exact) mass is 543 g/mol. The zero-order valence-electron chi connectivity index (χ0n) is 23.7. The Labute approximate surface area is 229 Å². The molecule has 2 aromatic rings. The highest BCUT2D eigenvalue weighted by Gasteiger charge is 2.42. The van der Waals surface area contributed by atoms with Gasteiger partial charge in [-0.3, -0.25) is 5.32 Å². The first-order valence-corrected chi connectivity index (χ1v) is 16.5. The van der Waals surface area contributed by atoms with Gasteiger partial charge in [0.25, 0.3) is 0 Å². The van der Waals surface area contributed by atoms with E-state index in [0.29, 0.717) is 24.8 Å². The molecule has 0 unspecified atom stereocenters. The highest BCUT2D eigenvalue weighted by atomic mass is 28.4. The van der Waals surface area contributed by atoms with Crippen molar-refractivity contribution in [2.75, 3.05) is 18.5 Å². The van der Waals surface area contributed by atoms with Gasteiger partial charge in [0, 0.05) is 12.3 Å². The number of aliphatic hydroxyl groups excluding tert-OH is 1. The lowest BCUT2D eigenvalue weighted by atomic mass is 9.96. The maximum Gasteiger partial charge on any atom is 0.411 e. The number of amides is 1. The molecule has 1 heterocycles. The fourth-order valence-electron chi connectivity index (χ4n) is 4.31. The third-order valence-corrected chi connectivity index (χ3v) is 12.2. The summed E-state index contributed by atoms with van der Waals surface area (Å²) in [6, 6.07) is 18.9. The van der Waals surface area contributed by atoms with Gasteiger partial charge in [0.1, 0.15) is 18.8 Å². The number of ether oxygens (including phenoxy) is 3. The minimum Gasteiger partial charge on any atom is -0.446 e. The maximum absolute atomic E-state index is 12.3. The van der Waals surface area contributed by atoms with Crippen LogP contribution in [-0.4, -0.2) is 57.1 Å². The Morgan fingerprint density at radius 2 is 1.74 bits per heavy atom. The van der Waals surface area contributed by atoms with Crippen molar-refractivity contribution in [2.24, 2.45) is 5.92 Å². The van der Waals surface area contributed by atoms with Gasteiger partial charge < -0.3 is 23.7 Å². The average Bonchev–Trinajstić information content (AvgIpc) is 3.23. The summed E-state index contributed by atoms with van der Waals surface area (Å²) in [4.78, 5) is 12.3. The van der Waals surface area contributed by atoms with Crippen molar-refractivity contribution in [1.82, 2.24) is 0 Å². The third-order valence-electron chi connectivity index (χ3n) is 7.70. The third kappa shape index (κ3) is 8.92. The molecule has 1 saturated heterocycles. The van der Waals surface area contributed by atoms with E-state index in [0.717, 1.165) is 18.4 Å². The fourth-order valence-corrected chi connectivity index (χ4v) is 5.37. The van der Waals surface area contributed by atoms with Gasteiger partial charge in [-0.1, -0.05) is 76.2 Å². The molecule has 0 aromatic heterocycles. The van der Waals surface area contributed by atoms with E-state index in [-0.39, 0.29) is 23.9 Å². The summed E-state index contributed by atoms with van der Waals surface area (Å²) >= 11 is 0. The van der Waals surface area contributed by atoms with Gasteiger partial charge >= 0.3 is 6.09 Å². The van der Waals surface area contributed by atoms with Gasteiger partial charge in [-0.2, -0.15) is 0 Å². The van der Waals surface area contributed by atoms with E-state index in [2.05, 4.69) is 46.1 Å². The standard InChI is InChI=1S/C30H45NO6Si/c1-22-19-27(37-26(22)17-18-36-38(5,6)30(2,3)4)28(34-20-23-13-9-7-10-14-23)25(32)21-35-29(33)31-24-15-11-8-12-16-24/h7-16,22,25-28,32H,17-21H2,1-6H3,(H,31,33)/t22-,25-,26+,27-,28+/m0/s1. The zero-order chi connectivity index (χ0) is 27.8. The van der Waals surface area contributed by atoms with E-state index in [1.165, 1.54) is 0 Å². The topological polar surface area (TPSA) is 86.2 Å². The van der Waals surface area contributed by atoms with Gasteiger partial charge in [0.15, 0.2) is 8.32 Å². The van der Waals surface area contributed by atoms with Crippen LogP contribution in [0.3, 0.4) is 0 Å². The van der Waals surface area contributed by atoms with Crippen molar-refractivity contribution in [3.8, 4) is 0 Å². The molecule has 0 radical (unpaired) electrons. The molecule has 1 aliphatic heterocycles. The van der Waals surface area contributed by atoms with Crippen LogP contribution in [-0.2, 0) is 25.2 Å². The molecule has 210 valence electrons. The number of nitrogens with one attached hydrogen (secondary N) is 1. The average molecular weight is 544 g/mol. The summed E-state index contributed by atoms with van der Waals surface area (Å²) in [6.45, 7) is 14.2. The lowest BCUT2D eigenvalue weighted by Gasteiger charge is -2.36. The maximum atomic E-state index is 12.3. The summed E-state index contributed by atoms with van der Waals surface area (Å²) in [7, 11) is -1.83. The summed E-state index contributed by atoms with van der Waals surface area (Å²) in [6.07, 6.45) is -1.07. The summed E-state index contributed by atoms with van der Waals surface area (Å²) in [5.74, 6) is 0.292. The molecule has 1 fully saturated rings. The zero-order valence-corrected chi connectivity index (χ0v) is 24.7. The second-order valence-corrected chi connectivity index (χ2v) is 16.6. The number of hydrogen-bond acceptors (Lipinski definition) is 6. The Morgan fingerprint density at radius 1 is 1.11 bits per heavy atom. The molecule has 2 aromatic carbocycles. The molecule has 2 N–H and O–H groups in total. The Morgan fingerprint density at radius 3 is 2.37 bits per heavy atom. The van der Waals surface area contributed by atoms with E-state index < -0.39 is 26.6 Å². The van der Waals surface area contributed by atoms with Crippen LogP contribution >= 0.6 is 0 Å². The van der Waals surface area contributed by atoms with Crippen LogP contribution in [0, 0.1) is 5.92 Å². The second-order valence-electron chi connectivity index (χ2n) is 11.7. The molecule has 8 heteroatoms. The first-order chi connectivity index (χ1) is 18.0. The van der Waals surface area contributed by atoms with E-state index >= 15 is 0 Å². The molecule has 38 heavy (non-hydrogen) atoms. The predicted molar refractivity (Wildman–Crippen MR) is 153 cm³/mol. The van der Waals surface area contributed by atoms with Crippen LogP contribution in [0.25, 0.3) is 0 Å². The quantitative estimate of drug-likeness (QED) is 0.302. The Bertz CT molecular complexity index is 981. The molecular weight excluding hydrogens is 498 g/mol. The van der Waals surface area contributed by atoms with Crippen LogP contribution in [0.4, 0.5) is 10.5 Å². The van der Waals surface area contributed by atoms with Crippen LogP contribution < -0.4 is 5.32 Å². The van der Waals surface area contributed by atoms with Gasteiger partial charge in [-0.05, 0) is 54.6 Å². The Hall–Kier alpha value is -2.23. The van der Waals surface area contributed by atoms with E-state index in [9.17, 15) is 9.90 Å². The number of rotatable bonds is 12. The van der Waals surface area contributed by atoms with Crippen molar-refractivity contribution >= 4 is 20.1 Å². The fraction of sp³-hybridized carbons (Fsp3) is 0.567. The minimum atomic E-state index is -1.83. The number of para-hydroxylation sites is 1. The van der Waals surface area contributed by atoms with Crippen molar-refractivity contribution in [2.45, 2.75) is 89.7 Å². The molecule has 0 aliphatic carbocycles. The number of hydrogen-bond donors (Lipinski definition) is 2. The summed E-state index contributed by atoms with van der Waals surface area (Å²) < 4.78 is 24.4. The van der Waals surface area contributed by atoms with Gasteiger partial charge in [0.05, 0.1) is 18.8 Å². The van der Waals surface area contributed by atoms with E-state index in [1.807, 2.05) is 48.5 Å². The first kappa shape index (κ1) is 30.3. The Kier molecular flexibility index (Phi) is 10.9. The van der Waals surface area contributed by atoms with Crippen molar-refractivity contribution in [3.05, 3.63) is 66.2 Å². The molecule has 0 spiro atoms. The van der Waals surface area contributed by atoms with Crippen LogP contribution in [0.2, 0.25) is 18.1 Å². The Balaban J connectivity index is 1.59. The molecule has 1 amide bonds. The van der Waals surface area contributed by atoms with E-state index in [4.69, 9.17) is 18.6 Å². The molecular formula is C30H45NO6Si. The highest BCUT2D eigenvalue weighted by molar-refractivity contribution is 6.74. The number of carbonyl (C=O) groups is 1. The lowest BCUT2D eigenvalue weighted by molar-refractivity contribution is -0.134. The number of anilines is 1. The molecule has 1 aliphatic rings. The number of aliphatic hydroxyl groups is 1. The summed E-state index contributed by atoms with van der Waals surface area (Å²) in [5, 5.41) is 13.9. The second kappa shape index (κ2) is 13.7. The van der Waals surface area contributed by atoms with Crippen molar-refractivity contribution in [3.63, 3.8) is 0 Å². The molecule has 0 saturated carbocycles. The molecule has 7 nitrogen and oxygen atoms in total. The molecule has 5 atom stereocenters. The summed E-state index contributed by atoms with van der Waals surface area (Å²) in [5.41, 5.74) is 1.62. The minimum absolute atomic E-state index is 0.0158. The van der Waals surface area contributed by atoms with Crippen molar-refractivity contribution < 1.29 is 28.5 Å². The van der Waals surface area contributed by atoms with Gasteiger partial charge in [-0.15, -0.1) is 0 Å².